The van der Waals surface area contributed by atoms with Gasteiger partial charge in [0, 0.05) is 22.3 Å². The Labute approximate surface area is 201 Å². The molecular weight excluding hydrogens is 455 g/mol. The van der Waals surface area contributed by atoms with Gasteiger partial charge >= 0.3 is 0 Å². The van der Waals surface area contributed by atoms with Gasteiger partial charge in [0.1, 0.15) is 23.0 Å². The van der Waals surface area contributed by atoms with Gasteiger partial charge in [-0.15, -0.1) is 0 Å². The molecule has 0 N–H and O–H groups in total. The highest BCUT2D eigenvalue weighted by atomic mass is 35.5. The van der Waals surface area contributed by atoms with Gasteiger partial charge < -0.3 is 8.83 Å². The van der Waals surface area contributed by atoms with E-state index >= 15 is 0 Å². The molecule has 164 valence electrons. The predicted octanol–water partition coefficient (Wildman–Crippen LogP) is 8.73. The van der Waals surface area contributed by atoms with E-state index in [9.17, 15) is 4.79 Å². The minimum Gasteiger partial charge on any atom is -0.457 e. The lowest BCUT2D eigenvalue weighted by Gasteiger charge is -2.15. The molecule has 3 nitrogen and oxygen atoms in total. The third-order valence-electron chi connectivity index (χ3n) is 5.64. The first-order valence-corrected chi connectivity index (χ1v) is 11.5. The van der Waals surface area contributed by atoms with Crippen molar-refractivity contribution in [3.8, 4) is 22.6 Å². The van der Waals surface area contributed by atoms with Gasteiger partial charge in [0.15, 0.2) is 5.78 Å². The van der Waals surface area contributed by atoms with E-state index in [-0.39, 0.29) is 5.78 Å². The zero-order valence-electron chi connectivity index (χ0n) is 17.7. The largest absolute Gasteiger partial charge is 0.457 e. The number of rotatable bonds is 4. The van der Waals surface area contributed by atoms with E-state index in [2.05, 4.69) is 0 Å². The number of benzene rings is 2. The molecule has 0 atom stereocenters. The number of halogens is 2. The zero-order chi connectivity index (χ0) is 22.8. The first-order chi connectivity index (χ1) is 16.1. The molecule has 33 heavy (non-hydrogen) atoms. The van der Waals surface area contributed by atoms with Gasteiger partial charge in [-0.3, -0.25) is 4.79 Å². The van der Waals surface area contributed by atoms with Gasteiger partial charge in [-0.05, 0) is 79.9 Å². The summed E-state index contributed by atoms with van der Waals surface area (Å²) < 4.78 is 11.9. The molecule has 5 rings (SSSR count). The van der Waals surface area contributed by atoms with E-state index in [0.717, 1.165) is 28.7 Å². The van der Waals surface area contributed by atoms with Crippen molar-refractivity contribution in [2.75, 3.05) is 0 Å². The number of hydrogen-bond acceptors (Lipinski definition) is 3. The number of carbonyl (C=O) groups is 1. The van der Waals surface area contributed by atoms with Crippen LogP contribution in [0.2, 0.25) is 10.0 Å². The van der Waals surface area contributed by atoms with Gasteiger partial charge in [0.25, 0.3) is 0 Å². The molecule has 1 fully saturated rings. The number of Topliss-reactive ketones (excluding diaryl/α,β-unsaturated/α-hetero) is 1. The zero-order valence-corrected chi connectivity index (χ0v) is 19.2. The molecule has 0 saturated heterocycles. The molecule has 2 heterocycles. The van der Waals surface area contributed by atoms with Crippen LogP contribution in [0.3, 0.4) is 0 Å². The Kier molecular flexibility index (Phi) is 6.08. The van der Waals surface area contributed by atoms with Crippen LogP contribution >= 0.6 is 23.2 Å². The van der Waals surface area contributed by atoms with Crippen molar-refractivity contribution in [1.82, 2.24) is 0 Å². The van der Waals surface area contributed by atoms with E-state index in [1.54, 1.807) is 0 Å². The number of allylic oxidation sites excluding steroid dienone is 2. The molecule has 1 aliphatic rings. The third-order valence-corrected chi connectivity index (χ3v) is 6.30. The lowest BCUT2D eigenvalue weighted by Crippen LogP contribution is -2.12. The Bertz CT molecular complexity index is 1280. The third kappa shape index (κ3) is 4.61. The molecule has 0 aliphatic heterocycles. The summed E-state index contributed by atoms with van der Waals surface area (Å²) in [6.07, 6.45) is 5.96. The lowest BCUT2D eigenvalue weighted by molar-refractivity contribution is -0.112. The first kappa shape index (κ1) is 21.6. The Balaban J connectivity index is 1.38. The molecule has 0 bridgehead atoms. The second kappa shape index (κ2) is 9.30. The highest BCUT2D eigenvalue weighted by Crippen LogP contribution is 2.33. The van der Waals surface area contributed by atoms with Crippen molar-refractivity contribution < 1.29 is 13.6 Å². The van der Waals surface area contributed by atoms with Crippen LogP contribution in [0.25, 0.3) is 34.8 Å². The van der Waals surface area contributed by atoms with Crippen LogP contribution in [-0.4, -0.2) is 5.78 Å². The van der Waals surface area contributed by atoms with Crippen LogP contribution in [0, 0.1) is 0 Å². The number of furan rings is 2. The molecule has 1 saturated carbocycles. The van der Waals surface area contributed by atoms with Gasteiger partial charge in [-0.25, -0.2) is 0 Å². The molecule has 0 unspecified atom stereocenters. The van der Waals surface area contributed by atoms with Crippen LogP contribution < -0.4 is 0 Å². The van der Waals surface area contributed by atoms with Crippen molar-refractivity contribution in [3.63, 3.8) is 0 Å². The lowest BCUT2D eigenvalue weighted by atomic mass is 9.88. The Hall–Kier alpha value is -3.27. The average Bonchev–Trinajstić information content (AvgIpc) is 3.47. The van der Waals surface area contributed by atoms with Crippen molar-refractivity contribution in [1.29, 1.82) is 0 Å². The summed E-state index contributed by atoms with van der Waals surface area (Å²) in [5.74, 6) is 2.64. The van der Waals surface area contributed by atoms with E-state index < -0.39 is 0 Å². The van der Waals surface area contributed by atoms with Crippen LogP contribution in [0.15, 0.2) is 92.8 Å². The van der Waals surface area contributed by atoms with Gasteiger partial charge in [-0.2, -0.15) is 0 Å². The minimum absolute atomic E-state index is 0.0210. The molecule has 0 spiro atoms. The Morgan fingerprint density at radius 1 is 0.636 bits per heavy atom. The van der Waals surface area contributed by atoms with Gasteiger partial charge in [0.05, 0.1) is 10.0 Å². The van der Waals surface area contributed by atoms with Crippen molar-refractivity contribution in [3.05, 3.63) is 106 Å². The van der Waals surface area contributed by atoms with Crippen molar-refractivity contribution in [2.24, 2.45) is 0 Å². The highest BCUT2D eigenvalue weighted by Gasteiger charge is 2.22. The maximum atomic E-state index is 13.1. The summed E-state index contributed by atoms with van der Waals surface area (Å²) in [4.78, 5) is 13.1. The molecule has 0 radical (unpaired) electrons. The maximum Gasteiger partial charge on any atom is 0.185 e. The predicted molar refractivity (Wildman–Crippen MR) is 133 cm³/mol. The second-order valence-electron chi connectivity index (χ2n) is 7.89. The summed E-state index contributed by atoms with van der Waals surface area (Å²) >= 11 is 12.6. The fourth-order valence-electron chi connectivity index (χ4n) is 3.99. The molecular formula is C28H20Cl2O3. The SMILES string of the molecule is O=C1/C(=C/c2ccc(-c3ccccc3Cl)o2)CCC/C1=C\c1ccc(-c2ccccc2Cl)o1. The van der Waals surface area contributed by atoms with Crippen molar-refractivity contribution in [2.45, 2.75) is 19.3 Å². The molecule has 0 amide bonds. The van der Waals surface area contributed by atoms with Crippen LogP contribution in [0.5, 0.6) is 0 Å². The van der Waals surface area contributed by atoms with Crippen LogP contribution in [-0.2, 0) is 4.79 Å². The summed E-state index contributed by atoms with van der Waals surface area (Å²) in [5, 5.41) is 1.25. The first-order valence-electron chi connectivity index (χ1n) is 10.7. The summed E-state index contributed by atoms with van der Waals surface area (Å²) in [5.41, 5.74) is 3.11. The van der Waals surface area contributed by atoms with E-state index in [1.165, 1.54) is 0 Å². The number of carbonyl (C=O) groups excluding carboxylic acids is 1. The number of hydrogen-bond donors (Lipinski definition) is 0. The van der Waals surface area contributed by atoms with Gasteiger partial charge in [0.2, 0.25) is 0 Å². The highest BCUT2D eigenvalue weighted by molar-refractivity contribution is 6.33. The normalized spacial score (nSPS) is 16.6. The van der Waals surface area contributed by atoms with Crippen LogP contribution in [0.1, 0.15) is 30.8 Å². The molecule has 5 heteroatoms. The minimum atomic E-state index is 0.0210. The van der Waals surface area contributed by atoms with E-state index in [0.29, 0.717) is 45.9 Å². The second-order valence-corrected chi connectivity index (χ2v) is 8.70. The summed E-state index contributed by atoms with van der Waals surface area (Å²) in [7, 11) is 0. The van der Waals surface area contributed by atoms with E-state index in [4.69, 9.17) is 32.0 Å². The Morgan fingerprint density at radius 3 is 1.55 bits per heavy atom. The van der Waals surface area contributed by atoms with Crippen molar-refractivity contribution >= 4 is 41.1 Å². The quantitative estimate of drug-likeness (QED) is 0.277. The topological polar surface area (TPSA) is 43.4 Å². The molecule has 4 aromatic rings. The molecule has 1 aliphatic carbocycles. The number of ketones is 1. The monoisotopic (exact) mass is 474 g/mol. The summed E-state index contributed by atoms with van der Waals surface area (Å²) in [6, 6.07) is 22.5. The summed E-state index contributed by atoms with van der Waals surface area (Å²) in [6.45, 7) is 0. The maximum absolute atomic E-state index is 13.1. The van der Waals surface area contributed by atoms with Crippen LogP contribution in [0.4, 0.5) is 0 Å². The molecule has 2 aromatic carbocycles. The Morgan fingerprint density at radius 2 is 1.09 bits per heavy atom. The fraction of sp³-hybridized carbons (Fsp3) is 0.107. The molecule has 2 aromatic heterocycles. The standard InChI is InChI=1S/C28H20Cl2O3/c29-24-10-3-1-8-22(24)26-14-12-20(32-26)16-18-6-5-7-19(28(18)31)17-21-13-15-27(33-21)23-9-2-4-11-25(23)30/h1-4,8-17H,5-7H2/b18-16+,19-17+. The fourth-order valence-corrected chi connectivity index (χ4v) is 4.45. The average molecular weight is 475 g/mol. The van der Waals surface area contributed by atoms with Gasteiger partial charge in [-0.1, -0.05) is 47.5 Å². The van der Waals surface area contributed by atoms with E-state index in [1.807, 2.05) is 84.9 Å². The smallest absolute Gasteiger partial charge is 0.185 e.